The predicted molar refractivity (Wildman–Crippen MR) is 99.5 cm³/mol. The fraction of sp³-hybridized carbons (Fsp3) is 0.400. The first-order valence-electron chi connectivity index (χ1n) is 8.99. The van der Waals surface area contributed by atoms with Gasteiger partial charge in [-0.2, -0.15) is 0 Å². The third-order valence-electron chi connectivity index (χ3n) is 4.43. The number of carbonyl (C=O) groups is 1. The van der Waals surface area contributed by atoms with Crippen LogP contribution in [0.1, 0.15) is 32.1 Å². The van der Waals surface area contributed by atoms with E-state index in [4.69, 9.17) is 4.74 Å². The maximum Gasteiger partial charge on any atom is 0.319 e. The number of carbonyl (C=O) groups excluding carboxylic acids is 1. The Kier molecular flexibility index (Phi) is 6.40. The monoisotopic (exact) mass is 339 g/mol. The summed E-state index contributed by atoms with van der Waals surface area (Å²) in [6.07, 6.45) is 9.38. The lowest BCUT2D eigenvalue weighted by molar-refractivity contribution is 0.0103. The van der Waals surface area contributed by atoms with Gasteiger partial charge < -0.3 is 15.4 Å². The lowest BCUT2D eigenvalue weighted by Crippen LogP contribution is -2.30. The van der Waals surface area contributed by atoms with Crippen LogP contribution >= 0.6 is 0 Å². The number of anilines is 1. The van der Waals surface area contributed by atoms with Crippen molar-refractivity contribution in [3.05, 3.63) is 48.8 Å². The van der Waals surface area contributed by atoms with Crippen molar-refractivity contribution in [2.75, 3.05) is 18.5 Å². The number of benzene rings is 1. The van der Waals surface area contributed by atoms with E-state index in [-0.39, 0.29) is 6.03 Å². The molecule has 0 radical (unpaired) electrons. The first kappa shape index (κ1) is 17.4. The van der Waals surface area contributed by atoms with Crippen LogP contribution < -0.4 is 10.6 Å². The van der Waals surface area contributed by atoms with E-state index in [9.17, 15) is 4.79 Å². The Balaban J connectivity index is 1.48. The molecule has 1 atom stereocenters. The Labute approximate surface area is 148 Å². The minimum absolute atomic E-state index is 0.175. The van der Waals surface area contributed by atoms with Gasteiger partial charge in [-0.25, -0.2) is 4.79 Å². The standard InChI is InChI=1S/C20H25N3O2/c24-20(22-12-5-7-17-6-3-4-15-25-17)23-19-9-2-1-8-18(19)16-10-13-21-14-11-16/h1-2,8-11,13-14,17H,3-7,12,15H2,(H2,22,23,24)/t17-/m1/s1. The molecule has 1 aliphatic heterocycles. The largest absolute Gasteiger partial charge is 0.378 e. The van der Waals surface area contributed by atoms with Crippen LogP contribution in [0.3, 0.4) is 0 Å². The minimum atomic E-state index is -0.175. The molecule has 1 saturated heterocycles. The number of pyridine rings is 1. The van der Waals surface area contributed by atoms with Gasteiger partial charge in [0.1, 0.15) is 0 Å². The van der Waals surface area contributed by atoms with Gasteiger partial charge in [0.2, 0.25) is 0 Å². The highest BCUT2D eigenvalue weighted by Gasteiger charge is 2.13. The van der Waals surface area contributed by atoms with Crippen LogP contribution in [0.2, 0.25) is 0 Å². The molecule has 1 aromatic carbocycles. The van der Waals surface area contributed by atoms with E-state index in [1.165, 1.54) is 12.8 Å². The Hall–Kier alpha value is -2.40. The highest BCUT2D eigenvalue weighted by Crippen LogP contribution is 2.27. The van der Waals surface area contributed by atoms with Crippen molar-refractivity contribution in [2.45, 2.75) is 38.2 Å². The van der Waals surface area contributed by atoms with E-state index < -0.39 is 0 Å². The molecular weight excluding hydrogens is 314 g/mol. The first-order chi connectivity index (χ1) is 12.3. The zero-order chi connectivity index (χ0) is 17.3. The van der Waals surface area contributed by atoms with Crippen LogP contribution in [0, 0.1) is 0 Å². The summed E-state index contributed by atoms with van der Waals surface area (Å²) < 4.78 is 5.71. The van der Waals surface area contributed by atoms with E-state index in [2.05, 4.69) is 15.6 Å². The number of para-hydroxylation sites is 1. The van der Waals surface area contributed by atoms with Crippen LogP contribution in [-0.4, -0.2) is 30.3 Å². The van der Waals surface area contributed by atoms with Gasteiger partial charge in [-0.1, -0.05) is 18.2 Å². The summed E-state index contributed by atoms with van der Waals surface area (Å²) in [4.78, 5) is 16.2. The molecule has 0 unspecified atom stereocenters. The molecule has 1 aromatic heterocycles. The van der Waals surface area contributed by atoms with E-state index in [1.807, 2.05) is 36.4 Å². The molecule has 2 heterocycles. The summed E-state index contributed by atoms with van der Waals surface area (Å²) in [7, 11) is 0. The third kappa shape index (κ3) is 5.29. The average molecular weight is 339 g/mol. The van der Waals surface area contributed by atoms with Gasteiger partial charge in [-0.3, -0.25) is 4.98 Å². The average Bonchev–Trinajstić information content (AvgIpc) is 2.67. The smallest absolute Gasteiger partial charge is 0.319 e. The molecule has 1 aliphatic rings. The number of hydrogen-bond donors (Lipinski definition) is 2. The normalized spacial score (nSPS) is 17.0. The highest BCUT2D eigenvalue weighted by atomic mass is 16.5. The van der Waals surface area contributed by atoms with Gasteiger partial charge in [0.05, 0.1) is 11.8 Å². The van der Waals surface area contributed by atoms with Crippen molar-refractivity contribution in [3.8, 4) is 11.1 Å². The molecule has 0 bridgehead atoms. The van der Waals surface area contributed by atoms with Crippen molar-refractivity contribution in [2.24, 2.45) is 0 Å². The summed E-state index contributed by atoms with van der Waals surface area (Å²) >= 11 is 0. The van der Waals surface area contributed by atoms with Crippen molar-refractivity contribution < 1.29 is 9.53 Å². The topological polar surface area (TPSA) is 63.2 Å². The molecule has 2 aromatic rings. The summed E-state index contributed by atoms with van der Waals surface area (Å²) in [5.41, 5.74) is 2.80. The van der Waals surface area contributed by atoms with Crippen LogP contribution in [0.15, 0.2) is 48.8 Å². The molecule has 132 valence electrons. The molecule has 2 amide bonds. The summed E-state index contributed by atoms with van der Waals surface area (Å²) in [5.74, 6) is 0. The fourth-order valence-electron chi connectivity index (χ4n) is 3.11. The second kappa shape index (κ2) is 9.18. The Bertz CT molecular complexity index is 670. The zero-order valence-corrected chi connectivity index (χ0v) is 14.4. The zero-order valence-electron chi connectivity index (χ0n) is 14.4. The molecule has 1 fully saturated rings. The second-order valence-corrected chi connectivity index (χ2v) is 6.29. The van der Waals surface area contributed by atoms with Gasteiger partial charge in [-0.05, 0) is 55.9 Å². The van der Waals surface area contributed by atoms with Crippen molar-refractivity contribution in [1.82, 2.24) is 10.3 Å². The van der Waals surface area contributed by atoms with Gasteiger partial charge in [0.15, 0.2) is 0 Å². The lowest BCUT2D eigenvalue weighted by Gasteiger charge is -2.22. The molecule has 0 spiro atoms. The Morgan fingerprint density at radius 1 is 1.16 bits per heavy atom. The van der Waals surface area contributed by atoms with Gasteiger partial charge >= 0.3 is 6.03 Å². The molecule has 5 heteroatoms. The van der Waals surface area contributed by atoms with E-state index in [1.54, 1.807) is 12.4 Å². The number of nitrogens with one attached hydrogen (secondary N) is 2. The van der Waals surface area contributed by atoms with Gasteiger partial charge in [0, 0.05) is 31.1 Å². The second-order valence-electron chi connectivity index (χ2n) is 6.29. The fourth-order valence-corrected chi connectivity index (χ4v) is 3.11. The van der Waals surface area contributed by atoms with Crippen LogP contribution in [0.5, 0.6) is 0 Å². The quantitative estimate of drug-likeness (QED) is 0.775. The molecule has 0 aliphatic carbocycles. The number of urea groups is 1. The van der Waals surface area contributed by atoms with Crippen molar-refractivity contribution in [1.29, 1.82) is 0 Å². The SMILES string of the molecule is O=C(NCCC[C@H]1CCCCO1)Nc1ccccc1-c1ccncc1. The maximum atomic E-state index is 12.2. The highest BCUT2D eigenvalue weighted by molar-refractivity contribution is 5.94. The third-order valence-corrected chi connectivity index (χ3v) is 4.43. The molecular formula is C20H25N3O2. The minimum Gasteiger partial charge on any atom is -0.378 e. The number of aromatic nitrogens is 1. The number of ether oxygens (including phenoxy) is 1. The van der Waals surface area contributed by atoms with Crippen molar-refractivity contribution >= 4 is 11.7 Å². The number of amides is 2. The van der Waals surface area contributed by atoms with E-state index >= 15 is 0 Å². The number of nitrogens with zero attached hydrogens (tertiary/aromatic N) is 1. The molecule has 25 heavy (non-hydrogen) atoms. The Morgan fingerprint density at radius 3 is 2.80 bits per heavy atom. The molecule has 5 nitrogen and oxygen atoms in total. The van der Waals surface area contributed by atoms with Crippen LogP contribution in [0.4, 0.5) is 10.5 Å². The number of hydrogen-bond acceptors (Lipinski definition) is 3. The lowest BCUT2D eigenvalue weighted by atomic mass is 10.0. The summed E-state index contributed by atoms with van der Waals surface area (Å²) in [5, 5.41) is 5.88. The number of rotatable bonds is 6. The van der Waals surface area contributed by atoms with Crippen molar-refractivity contribution in [3.63, 3.8) is 0 Å². The molecule has 2 N–H and O–H groups in total. The first-order valence-corrected chi connectivity index (χ1v) is 8.99. The van der Waals surface area contributed by atoms with Gasteiger partial charge in [-0.15, -0.1) is 0 Å². The van der Waals surface area contributed by atoms with Crippen LogP contribution in [0.25, 0.3) is 11.1 Å². The maximum absolute atomic E-state index is 12.2. The molecule has 3 rings (SSSR count). The van der Waals surface area contributed by atoms with Gasteiger partial charge in [0.25, 0.3) is 0 Å². The van der Waals surface area contributed by atoms with Crippen LogP contribution in [-0.2, 0) is 4.74 Å². The predicted octanol–water partition coefficient (Wildman–Crippen LogP) is 4.22. The van der Waals surface area contributed by atoms with E-state index in [0.717, 1.165) is 42.7 Å². The summed E-state index contributed by atoms with van der Waals surface area (Å²) in [6.45, 7) is 1.54. The Morgan fingerprint density at radius 2 is 2.00 bits per heavy atom. The summed E-state index contributed by atoms with van der Waals surface area (Å²) in [6, 6.07) is 11.5. The van der Waals surface area contributed by atoms with E-state index in [0.29, 0.717) is 12.6 Å². The molecule has 0 saturated carbocycles.